The van der Waals surface area contributed by atoms with Crippen LogP contribution in [0.15, 0.2) is 6.07 Å². The number of aliphatic hydroxyl groups excluding tert-OH is 1. The van der Waals surface area contributed by atoms with Crippen molar-refractivity contribution >= 4 is 9.84 Å². The van der Waals surface area contributed by atoms with Crippen LogP contribution < -0.4 is 0 Å². The van der Waals surface area contributed by atoms with Crippen LogP contribution in [0.3, 0.4) is 0 Å². The van der Waals surface area contributed by atoms with Crippen molar-refractivity contribution in [2.24, 2.45) is 5.92 Å². The highest BCUT2D eigenvalue weighted by Gasteiger charge is 2.34. The summed E-state index contributed by atoms with van der Waals surface area (Å²) in [5, 5.41) is 14.6. The van der Waals surface area contributed by atoms with Crippen molar-refractivity contribution in [1.82, 2.24) is 9.78 Å². The zero-order chi connectivity index (χ0) is 14.9. The van der Waals surface area contributed by atoms with Crippen LogP contribution in [0.25, 0.3) is 0 Å². The summed E-state index contributed by atoms with van der Waals surface area (Å²) in [6, 6.07) is 1.90. The Morgan fingerprint density at radius 3 is 2.80 bits per heavy atom. The molecule has 3 atom stereocenters. The molecule has 1 aromatic heterocycles. The molecule has 0 saturated heterocycles. The van der Waals surface area contributed by atoms with E-state index in [0.717, 1.165) is 24.2 Å². The maximum absolute atomic E-state index is 11.7. The second kappa shape index (κ2) is 5.85. The number of rotatable bonds is 4. The fourth-order valence-electron chi connectivity index (χ4n) is 3.16. The number of aromatic nitrogens is 2. The molecule has 5 nitrogen and oxygen atoms in total. The van der Waals surface area contributed by atoms with Crippen LogP contribution >= 0.6 is 0 Å². The molecule has 114 valence electrons. The lowest BCUT2D eigenvalue weighted by molar-refractivity contribution is 0.0777. The molecule has 20 heavy (non-hydrogen) atoms. The Morgan fingerprint density at radius 1 is 1.50 bits per heavy atom. The first kappa shape index (κ1) is 15.5. The van der Waals surface area contributed by atoms with Crippen molar-refractivity contribution in [3.8, 4) is 0 Å². The molecule has 0 amide bonds. The Balaban J connectivity index is 2.18. The van der Waals surface area contributed by atoms with Gasteiger partial charge in [0.2, 0.25) is 0 Å². The van der Waals surface area contributed by atoms with E-state index in [4.69, 9.17) is 0 Å². The van der Waals surface area contributed by atoms with Gasteiger partial charge in [0.15, 0.2) is 0 Å². The highest BCUT2D eigenvalue weighted by atomic mass is 32.2. The molecule has 0 aliphatic heterocycles. The van der Waals surface area contributed by atoms with Gasteiger partial charge in [0.25, 0.3) is 0 Å². The summed E-state index contributed by atoms with van der Waals surface area (Å²) in [7, 11) is -3.02. The maximum Gasteiger partial charge on any atom is 0.150 e. The van der Waals surface area contributed by atoms with Crippen LogP contribution in [-0.4, -0.2) is 34.8 Å². The zero-order valence-electron chi connectivity index (χ0n) is 12.4. The minimum Gasteiger partial charge on any atom is -0.387 e. The Hall–Kier alpha value is -0.880. The minimum atomic E-state index is -3.02. The van der Waals surface area contributed by atoms with Gasteiger partial charge in [-0.15, -0.1) is 0 Å². The van der Waals surface area contributed by atoms with Crippen molar-refractivity contribution in [3.05, 3.63) is 17.5 Å². The predicted octanol–water partition coefficient (Wildman–Crippen LogP) is 1.85. The normalized spacial score (nSPS) is 25.6. The van der Waals surface area contributed by atoms with E-state index in [0.29, 0.717) is 19.4 Å². The van der Waals surface area contributed by atoms with Gasteiger partial charge < -0.3 is 5.11 Å². The van der Waals surface area contributed by atoms with Gasteiger partial charge in [0.1, 0.15) is 9.84 Å². The molecular formula is C14H24N2O3S. The average Bonchev–Trinajstić information content (AvgIpc) is 2.78. The van der Waals surface area contributed by atoms with Gasteiger partial charge in [0, 0.05) is 12.8 Å². The largest absolute Gasteiger partial charge is 0.387 e. The molecule has 0 aromatic carbocycles. The molecule has 1 saturated carbocycles. The van der Waals surface area contributed by atoms with Crippen LogP contribution in [-0.2, 0) is 16.4 Å². The topological polar surface area (TPSA) is 72.2 Å². The lowest BCUT2D eigenvalue weighted by Crippen LogP contribution is -2.30. The van der Waals surface area contributed by atoms with Gasteiger partial charge in [0.05, 0.1) is 22.7 Å². The number of nitrogens with zero attached hydrogens (tertiary/aromatic N) is 2. The third-order valence-corrected chi connectivity index (χ3v) is 5.89. The predicted molar refractivity (Wildman–Crippen MR) is 78.2 cm³/mol. The van der Waals surface area contributed by atoms with Crippen molar-refractivity contribution in [3.63, 3.8) is 0 Å². The van der Waals surface area contributed by atoms with E-state index in [2.05, 4.69) is 5.10 Å². The molecule has 0 bridgehead atoms. The number of sulfone groups is 1. The van der Waals surface area contributed by atoms with Gasteiger partial charge in [-0.1, -0.05) is 6.42 Å². The van der Waals surface area contributed by atoms with Gasteiger partial charge in [-0.25, -0.2) is 8.42 Å². The van der Waals surface area contributed by atoms with Gasteiger partial charge in [-0.3, -0.25) is 4.68 Å². The fraction of sp³-hybridized carbons (Fsp3) is 0.786. The van der Waals surface area contributed by atoms with Gasteiger partial charge >= 0.3 is 0 Å². The first-order valence-electron chi connectivity index (χ1n) is 7.24. The fourth-order valence-corrected chi connectivity index (χ4v) is 4.35. The summed E-state index contributed by atoms with van der Waals surface area (Å²) in [6.45, 7) is 4.61. The van der Waals surface area contributed by atoms with Gasteiger partial charge in [-0.05, 0) is 45.1 Å². The van der Waals surface area contributed by atoms with E-state index in [-0.39, 0.29) is 11.2 Å². The van der Waals surface area contributed by atoms with E-state index in [9.17, 15) is 13.5 Å². The molecule has 1 heterocycles. The zero-order valence-corrected chi connectivity index (χ0v) is 13.2. The maximum atomic E-state index is 11.7. The van der Waals surface area contributed by atoms with E-state index in [1.807, 2.05) is 24.6 Å². The minimum absolute atomic E-state index is 0.00451. The number of aryl methyl sites for hydroxylation is 2. The van der Waals surface area contributed by atoms with E-state index in [1.165, 1.54) is 6.26 Å². The third kappa shape index (κ3) is 3.23. The molecule has 1 aromatic rings. The highest BCUT2D eigenvalue weighted by Crippen LogP contribution is 2.36. The Labute approximate surface area is 120 Å². The lowest BCUT2D eigenvalue weighted by Gasteiger charge is -2.31. The molecule has 2 rings (SSSR count). The summed E-state index contributed by atoms with van der Waals surface area (Å²) in [5.74, 6) is 0.00451. The van der Waals surface area contributed by atoms with E-state index < -0.39 is 15.9 Å². The van der Waals surface area contributed by atoms with Crippen LogP contribution in [0, 0.1) is 12.8 Å². The molecule has 1 fully saturated rings. The molecule has 3 unspecified atom stereocenters. The molecule has 1 N–H and O–H groups in total. The van der Waals surface area contributed by atoms with Crippen LogP contribution in [0.2, 0.25) is 0 Å². The quantitative estimate of drug-likeness (QED) is 0.921. The van der Waals surface area contributed by atoms with E-state index >= 15 is 0 Å². The SMILES string of the molecule is CCn1nc(C)cc1C(O)C1CCCC(S(C)(=O)=O)C1. The van der Waals surface area contributed by atoms with Gasteiger partial charge in [-0.2, -0.15) is 5.10 Å². The molecule has 1 aliphatic rings. The van der Waals surface area contributed by atoms with Crippen LogP contribution in [0.1, 0.15) is 50.1 Å². The summed E-state index contributed by atoms with van der Waals surface area (Å²) < 4.78 is 25.2. The second-order valence-electron chi connectivity index (χ2n) is 5.85. The summed E-state index contributed by atoms with van der Waals surface area (Å²) in [6.07, 6.45) is 3.68. The second-order valence-corrected chi connectivity index (χ2v) is 8.18. The first-order chi connectivity index (χ1) is 9.32. The van der Waals surface area contributed by atoms with E-state index in [1.54, 1.807) is 0 Å². The van der Waals surface area contributed by atoms with Crippen molar-refractivity contribution in [2.75, 3.05) is 6.26 Å². The molecule has 0 radical (unpaired) electrons. The summed E-state index contributed by atoms with van der Waals surface area (Å²) in [4.78, 5) is 0. The summed E-state index contributed by atoms with van der Waals surface area (Å²) in [5.41, 5.74) is 1.69. The first-order valence-corrected chi connectivity index (χ1v) is 9.19. The van der Waals surface area contributed by atoms with Crippen molar-refractivity contribution in [1.29, 1.82) is 0 Å². The number of hydrogen-bond acceptors (Lipinski definition) is 4. The third-order valence-electron chi connectivity index (χ3n) is 4.25. The van der Waals surface area contributed by atoms with Crippen molar-refractivity contribution in [2.45, 2.75) is 57.4 Å². The Bertz CT molecular complexity index is 565. The highest BCUT2D eigenvalue weighted by molar-refractivity contribution is 7.91. The van der Waals surface area contributed by atoms with Crippen LogP contribution in [0.5, 0.6) is 0 Å². The Morgan fingerprint density at radius 2 is 2.20 bits per heavy atom. The number of hydrogen-bond donors (Lipinski definition) is 1. The molecule has 6 heteroatoms. The number of aliphatic hydroxyl groups is 1. The Kier molecular flexibility index (Phi) is 4.54. The smallest absolute Gasteiger partial charge is 0.150 e. The average molecular weight is 300 g/mol. The standard InChI is InChI=1S/C14H24N2O3S/c1-4-16-13(8-10(2)15-16)14(17)11-6-5-7-12(9-11)20(3,18)19/h8,11-12,14,17H,4-7,9H2,1-3H3. The molecular weight excluding hydrogens is 276 g/mol. The molecule has 0 spiro atoms. The monoisotopic (exact) mass is 300 g/mol. The molecule has 1 aliphatic carbocycles. The van der Waals surface area contributed by atoms with Crippen LogP contribution in [0.4, 0.5) is 0 Å². The lowest BCUT2D eigenvalue weighted by atomic mass is 9.83. The van der Waals surface area contributed by atoms with Crippen molar-refractivity contribution < 1.29 is 13.5 Å². The summed E-state index contributed by atoms with van der Waals surface area (Å²) >= 11 is 0.